The predicted octanol–water partition coefficient (Wildman–Crippen LogP) is 12.8. The van der Waals surface area contributed by atoms with Crippen molar-refractivity contribution in [2.45, 2.75) is 244 Å². The molecule has 338 valence electrons. The van der Waals surface area contributed by atoms with E-state index in [1.54, 1.807) is 0 Å². The second-order valence-corrected chi connectivity index (χ2v) is 17.6. The van der Waals surface area contributed by atoms with E-state index in [-0.39, 0.29) is 19.4 Å². The van der Waals surface area contributed by atoms with E-state index in [0.717, 1.165) is 51.4 Å². The minimum absolute atomic E-state index is 0.177. The van der Waals surface area contributed by atoms with E-state index in [4.69, 9.17) is 19.1 Å². The average molecular weight is 833 g/mol. The smallest absolute Gasteiger partial charge is 0.462 e. The van der Waals surface area contributed by atoms with Crippen LogP contribution < -0.4 is 0 Å². The fourth-order valence-corrected chi connectivity index (χ4v) is 7.53. The van der Waals surface area contributed by atoms with Crippen LogP contribution in [0, 0.1) is 0 Å². The number of phosphoric acid groups is 1. The van der Waals surface area contributed by atoms with Gasteiger partial charge in [0.15, 0.2) is 6.10 Å². The van der Waals surface area contributed by atoms with Gasteiger partial charge in [-0.1, -0.05) is 199 Å². The van der Waals surface area contributed by atoms with Crippen molar-refractivity contribution in [2.24, 2.45) is 0 Å². The molecule has 0 spiro atoms. The quantitative estimate of drug-likeness (QED) is 0.0234. The largest absolute Gasteiger partial charge is 0.472 e. The van der Waals surface area contributed by atoms with Gasteiger partial charge in [-0.3, -0.25) is 18.6 Å². The first-order valence-corrected chi connectivity index (χ1v) is 25.1. The minimum Gasteiger partial charge on any atom is -0.462 e. The van der Waals surface area contributed by atoms with Crippen LogP contribution in [0.3, 0.4) is 0 Å². The Bertz CT molecular complexity index is 961. The van der Waals surface area contributed by atoms with Crippen LogP contribution in [-0.2, 0) is 32.7 Å². The highest BCUT2D eigenvalue weighted by Crippen LogP contribution is 2.43. The normalized spacial score (nSPS) is 13.8. The van der Waals surface area contributed by atoms with Crippen molar-refractivity contribution in [3.8, 4) is 0 Å². The molecule has 0 radical (unpaired) electrons. The summed E-state index contributed by atoms with van der Waals surface area (Å²) in [6.07, 6.45) is 42.0. The van der Waals surface area contributed by atoms with Gasteiger partial charge in [-0.2, -0.15) is 0 Å². The van der Waals surface area contributed by atoms with Gasteiger partial charge in [0.25, 0.3) is 0 Å². The fourth-order valence-electron chi connectivity index (χ4n) is 6.74. The van der Waals surface area contributed by atoms with Gasteiger partial charge in [0.1, 0.15) is 12.7 Å². The Hall–Kier alpha value is -1.29. The van der Waals surface area contributed by atoms with Gasteiger partial charge in [0, 0.05) is 12.8 Å². The first-order chi connectivity index (χ1) is 27.7. The Labute approximate surface area is 349 Å². The maximum Gasteiger partial charge on any atom is 0.472 e. The number of rotatable bonds is 45. The number of hydrogen-bond donors (Lipinski definition) is 3. The molecule has 0 amide bonds. The van der Waals surface area contributed by atoms with Gasteiger partial charge < -0.3 is 24.6 Å². The third kappa shape index (κ3) is 42.6. The van der Waals surface area contributed by atoms with Gasteiger partial charge >= 0.3 is 19.8 Å². The predicted molar refractivity (Wildman–Crippen MR) is 233 cm³/mol. The van der Waals surface area contributed by atoms with Crippen molar-refractivity contribution in [1.82, 2.24) is 0 Å². The van der Waals surface area contributed by atoms with E-state index in [2.05, 4.69) is 30.5 Å². The van der Waals surface area contributed by atoms with Crippen LogP contribution in [0.15, 0.2) is 12.2 Å². The third-order valence-electron chi connectivity index (χ3n) is 10.4. The van der Waals surface area contributed by atoms with Crippen molar-refractivity contribution in [3.63, 3.8) is 0 Å². The summed E-state index contributed by atoms with van der Waals surface area (Å²) in [6, 6.07) is 0. The lowest BCUT2D eigenvalue weighted by Crippen LogP contribution is -2.29. The standard InChI is InChI=1S/C46H89O10P/c1-3-5-7-9-11-13-15-16-17-18-19-20-21-22-23-24-25-26-28-29-31-33-35-37-45(49)53-41-44(42-55-57(51,52)54-40-43(48)39-47)56-46(50)38-36-34-32-30-27-14-12-10-8-6-4-2/h10,12,43-44,47-48H,3-9,11,13-42H2,1-2H3,(H,51,52)/b12-10+/t43-,44+/m1/s1. The average Bonchev–Trinajstić information content (AvgIpc) is 3.20. The number of esters is 2. The summed E-state index contributed by atoms with van der Waals surface area (Å²) in [5.74, 6) is -0.924. The molecule has 0 aliphatic rings. The number of carbonyl (C=O) groups is 2. The molecule has 0 bridgehead atoms. The molecule has 0 aromatic heterocycles. The first-order valence-electron chi connectivity index (χ1n) is 23.6. The molecule has 3 N–H and O–H groups in total. The zero-order chi connectivity index (χ0) is 41.9. The van der Waals surface area contributed by atoms with Crippen LogP contribution in [0.25, 0.3) is 0 Å². The molecule has 0 aromatic rings. The highest BCUT2D eigenvalue weighted by molar-refractivity contribution is 7.47. The highest BCUT2D eigenvalue weighted by Gasteiger charge is 2.27. The molecule has 3 atom stereocenters. The Kier molecular flexibility index (Phi) is 41.9. The molecule has 10 nitrogen and oxygen atoms in total. The molecule has 11 heteroatoms. The SMILES string of the molecule is CCCC/C=C/CCCCCCCC(=O)O[C@@H](COC(=O)CCCCCCCCCCCCCCCCCCCCCCCCC)COP(=O)(O)OC[C@H](O)CO. The van der Waals surface area contributed by atoms with E-state index in [9.17, 15) is 24.2 Å². The number of phosphoric ester groups is 1. The van der Waals surface area contributed by atoms with Gasteiger partial charge in [0.2, 0.25) is 0 Å². The van der Waals surface area contributed by atoms with E-state index in [1.165, 1.54) is 141 Å². The number of unbranched alkanes of at least 4 members (excludes halogenated alkanes) is 29. The molecular formula is C46H89O10P. The van der Waals surface area contributed by atoms with Crippen LogP contribution in [0.5, 0.6) is 0 Å². The Morgan fingerprint density at radius 2 is 0.877 bits per heavy atom. The summed E-state index contributed by atoms with van der Waals surface area (Å²) >= 11 is 0. The summed E-state index contributed by atoms with van der Waals surface area (Å²) in [7, 11) is -4.61. The molecule has 0 aromatic carbocycles. The molecule has 0 saturated heterocycles. The van der Waals surface area contributed by atoms with Crippen LogP contribution in [0.2, 0.25) is 0 Å². The van der Waals surface area contributed by atoms with E-state index >= 15 is 0 Å². The molecule has 0 heterocycles. The van der Waals surface area contributed by atoms with Gasteiger partial charge in [-0.25, -0.2) is 4.57 Å². The Morgan fingerprint density at radius 3 is 1.32 bits per heavy atom. The summed E-state index contributed by atoms with van der Waals surface area (Å²) in [5, 5.41) is 18.3. The van der Waals surface area contributed by atoms with Crippen molar-refractivity contribution in [3.05, 3.63) is 12.2 Å². The van der Waals surface area contributed by atoms with Gasteiger partial charge in [0.05, 0.1) is 19.8 Å². The maximum absolute atomic E-state index is 12.6. The second-order valence-electron chi connectivity index (χ2n) is 16.1. The summed E-state index contributed by atoms with van der Waals surface area (Å²) in [5.41, 5.74) is 0. The zero-order valence-corrected chi connectivity index (χ0v) is 37.7. The topological polar surface area (TPSA) is 149 Å². The molecule has 0 rings (SSSR count). The fraction of sp³-hybridized carbons (Fsp3) is 0.913. The maximum atomic E-state index is 12.6. The van der Waals surface area contributed by atoms with E-state index < -0.39 is 51.8 Å². The number of ether oxygens (including phenoxy) is 2. The molecule has 0 aliphatic carbocycles. The van der Waals surface area contributed by atoms with Gasteiger partial charge in [-0.15, -0.1) is 0 Å². The Morgan fingerprint density at radius 1 is 0.509 bits per heavy atom. The van der Waals surface area contributed by atoms with Crippen LogP contribution in [-0.4, -0.2) is 65.7 Å². The van der Waals surface area contributed by atoms with Crippen molar-refractivity contribution in [2.75, 3.05) is 26.4 Å². The summed E-state index contributed by atoms with van der Waals surface area (Å²) in [4.78, 5) is 35.0. The van der Waals surface area contributed by atoms with Crippen LogP contribution in [0.4, 0.5) is 0 Å². The van der Waals surface area contributed by atoms with Crippen molar-refractivity contribution < 1.29 is 47.8 Å². The van der Waals surface area contributed by atoms with Crippen molar-refractivity contribution in [1.29, 1.82) is 0 Å². The molecule has 0 saturated carbocycles. The monoisotopic (exact) mass is 833 g/mol. The first kappa shape index (κ1) is 55.7. The van der Waals surface area contributed by atoms with E-state index in [1.807, 2.05) is 0 Å². The lowest BCUT2D eigenvalue weighted by molar-refractivity contribution is -0.161. The van der Waals surface area contributed by atoms with Crippen LogP contribution >= 0.6 is 7.82 Å². The number of carbonyl (C=O) groups excluding carboxylic acids is 2. The molecule has 1 unspecified atom stereocenters. The minimum atomic E-state index is -4.61. The lowest BCUT2D eigenvalue weighted by atomic mass is 10.0. The number of aliphatic hydroxyl groups excluding tert-OH is 2. The van der Waals surface area contributed by atoms with Gasteiger partial charge in [-0.05, 0) is 32.1 Å². The molecule has 57 heavy (non-hydrogen) atoms. The summed E-state index contributed by atoms with van der Waals surface area (Å²) < 4.78 is 32.7. The third-order valence-corrected chi connectivity index (χ3v) is 11.4. The summed E-state index contributed by atoms with van der Waals surface area (Å²) in [6.45, 7) is 2.36. The highest BCUT2D eigenvalue weighted by atomic mass is 31.2. The second kappa shape index (κ2) is 42.8. The number of allylic oxidation sites excluding steroid dienone is 2. The zero-order valence-electron chi connectivity index (χ0n) is 36.8. The molecule has 0 fully saturated rings. The lowest BCUT2D eigenvalue weighted by Gasteiger charge is -2.20. The van der Waals surface area contributed by atoms with Crippen molar-refractivity contribution >= 4 is 19.8 Å². The number of aliphatic hydroxyl groups is 2. The molecular weight excluding hydrogens is 743 g/mol. The van der Waals surface area contributed by atoms with E-state index in [0.29, 0.717) is 12.8 Å². The Balaban J connectivity index is 4.08. The number of hydrogen-bond acceptors (Lipinski definition) is 9. The van der Waals surface area contributed by atoms with Crippen LogP contribution in [0.1, 0.15) is 232 Å². The molecule has 0 aliphatic heterocycles.